The fraction of sp³-hybridized carbons (Fsp3) is 0.417. The maximum Gasteiger partial charge on any atom is 0.321 e. The Morgan fingerprint density at radius 2 is 2.29 bits per heavy atom. The van der Waals surface area contributed by atoms with Crippen molar-refractivity contribution < 1.29 is 9.53 Å². The molecular formula is C12H16N2O2S. The average Bonchev–Trinajstić information content (AvgIpc) is 2.31. The molecule has 1 unspecified atom stereocenters. The van der Waals surface area contributed by atoms with Gasteiger partial charge in [-0.3, -0.25) is 9.78 Å². The molecule has 1 aromatic rings. The van der Waals surface area contributed by atoms with Gasteiger partial charge in [0.2, 0.25) is 0 Å². The molecule has 0 fully saturated rings. The van der Waals surface area contributed by atoms with Crippen LogP contribution < -0.4 is 5.32 Å². The summed E-state index contributed by atoms with van der Waals surface area (Å²) in [7, 11) is 0. The van der Waals surface area contributed by atoms with E-state index in [9.17, 15) is 4.79 Å². The fourth-order valence-corrected chi connectivity index (χ4v) is 1.77. The first-order valence-electron chi connectivity index (χ1n) is 5.56. The number of esters is 1. The molecular weight excluding hydrogens is 236 g/mol. The van der Waals surface area contributed by atoms with Crippen LogP contribution in [0.1, 0.15) is 25.5 Å². The van der Waals surface area contributed by atoms with Crippen LogP contribution in [0, 0.1) is 0 Å². The summed E-state index contributed by atoms with van der Waals surface area (Å²) in [5.41, 5.74) is 0.608. The normalized spacial score (nSPS) is 11.6. The number of carbonyl (C=O) groups is 1. The third-order valence-corrected chi connectivity index (χ3v) is 2.50. The van der Waals surface area contributed by atoms with E-state index in [0.717, 1.165) is 0 Å². The lowest BCUT2D eigenvalue weighted by Gasteiger charge is -2.16. The molecule has 1 rings (SSSR count). The quantitative estimate of drug-likeness (QED) is 0.638. The van der Waals surface area contributed by atoms with E-state index in [-0.39, 0.29) is 5.97 Å². The summed E-state index contributed by atoms with van der Waals surface area (Å²) in [5.74, 6) is -0.983. The molecule has 1 N–H and O–H groups in total. The monoisotopic (exact) mass is 252 g/mol. The van der Waals surface area contributed by atoms with Gasteiger partial charge in [-0.2, -0.15) is 0 Å². The molecule has 0 aliphatic rings. The van der Waals surface area contributed by atoms with Crippen molar-refractivity contribution in [3.8, 4) is 0 Å². The summed E-state index contributed by atoms with van der Waals surface area (Å²) < 4.78 is 5.02. The van der Waals surface area contributed by atoms with Crippen LogP contribution >= 0.6 is 12.2 Å². The Kier molecular flexibility index (Phi) is 5.56. The largest absolute Gasteiger partial charge is 0.465 e. The van der Waals surface area contributed by atoms with Gasteiger partial charge in [-0.25, -0.2) is 0 Å². The van der Waals surface area contributed by atoms with Crippen molar-refractivity contribution in [1.29, 1.82) is 0 Å². The lowest BCUT2D eigenvalue weighted by atomic mass is 10.0. The van der Waals surface area contributed by atoms with E-state index in [1.807, 2.05) is 13.0 Å². The predicted octanol–water partition coefficient (Wildman–Crippen LogP) is 1.67. The summed E-state index contributed by atoms with van der Waals surface area (Å²) >= 11 is 5.20. The van der Waals surface area contributed by atoms with E-state index >= 15 is 0 Å². The van der Waals surface area contributed by atoms with E-state index in [2.05, 4.69) is 10.3 Å². The van der Waals surface area contributed by atoms with Gasteiger partial charge in [0.15, 0.2) is 0 Å². The van der Waals surface area contributed by atoms with Crippen molar-refractivity contribution in [2.24, 2.45) is 0 Å². The number of rotatable bonds is 5. The molecule has 0 bridgehead atoms. The maximum atomic E-state index is 11.9. The van der Waals surface area contributed by atoms with Gasteiger partial charge in [-0.1, -0.05) is 18.3 Å². The highest BCUT2D eigenvalue weighted by Gasteiger charge is 2.27. The summed E-state index contributed by atoms with van der Waals surface area (Å²) in [6.45, 7) is 4.69. The predicted molar refractivity (Wildman–Crippen MR) is 69.9 cm³/mol. The van der Waals surface area contributed by atoms with Gasteiger partial charge in [-0.05, 0) is 26.0 Å². The molecule has 1 heterocycles. The Labute approximate surface area is 106 Å². The molecule has 92 valence electrons. The summed E-state index contributed by atoms with van der Waals surface area (Å²) in [6, 6.07) is 5.39. The van der Waals surface area contributed by atoms with Crippen LogP contribution in [0.5, 0.6) is 0 Å². The summed E-state index contributed by atoms with van der Waals surface area (Å²) in [5, 5.41) is 2.97. The second kappa shape index (κ2) is 6.96. The number of nitrogens with one attached hydrogen (secondary N) is 1. The van der Waals surface area contributed by atoms with Gasteiger partial charge in [-0.15, -0.1) is 0 Å². The third kappa shape index (κ3) is 3.78. The van der Waals surface area contributed by atoms with E-state index < -0.39 is 5.92 Å². The molecule has 0 aliphatic heterocycles. The topological polar surface area (TPSA) is 51.2 Å². The second-order valence-electron chi connectivity index (χ2n) is 3.33. The van der Waals surface area contributed by atoms with Gasteiger partial charge < -0.3 is 10.1 Å². The van der Waals surface area contributed by atoms with E-state index in [4.69, 9.17) is 17.0 Å². The SMILES string of the molecule is CCNC(=S)C(C(=O)OCC)c1ccccn1. The van der Waals surface area contributed by atoms with Crippen LogP contribution in [0.4, 0.5) is 0 Å². The van der Waals surface area contributed by atoms with Crippen LogP contribution in [0.15, 0.2) is 24.4 Å². The highest BCUT2D eigenvalue weighted by molar-refractivity contribution is 7.80. The van der Waals surface area contributed by atoms with E-state index in [0.29, 0.717) is 23.8 Å². The minimum Gasteiger partial charge on any atom is -0.465 e. The molecule has 1 atom stereocenters. The molecule has 0 spiro atoms. The number of pyridine rings is 1. The van der Waals surface area contributed by atoms with Crippen LogP contribution in [-0.2, 0) is 9.53 Å². The zero-order valence-electron chi connectivity index (χ0n) is 9.97. The Bertz CT molecular complexity index is 363. The van der Waals surface area contributed by atoms with Gasteiger partial charge >= 0.3 is 5.97 Å². The minimum atomic E-state index is -0.619. The summed E-state index contributed by atoms with van der Waals surface area (Å²) in [6.07, 6.45) is 1.64. The van der Waals surface area contributed by atoms with E-state index in [1.165, 1.54) is 0 Å². The third-order valence-electron chi connectivity index (χ3n) is 2.12. The molecule has 0 aliphatic carbocycles. The molecule has 0 aromatic carbocycles. The van der Waals surface area contributed by atoms with Crippen LogP contribution in [-0.4, -0.2) is 29.1 Å². The second-order valence-corrected chi connectivity index (χ2v) is 3.77. The van der Waals surface area contributed by atoms with Crippen molar-refractivity contribution in [3.63, 3.8) is 0 Å². The first kappa shape index (κ1) is 13.6. The van der Waals surface area contributed by atoms with Gasteiger partial charge in [0.05, 0.1) is 17.3 Å². The molecule has 4 nitrogen and oxygen atoms in total. The van der Waals surface area contributed by atoms with Crippen molar-refractivity contribution in [2.45, 2.75) is 19.8 Å². The average molecular weight is 252 g/mol. The molecule has 0 amide bonds. The Morgan fingerprint density at radius 3 is 2.82 bits per heavy atom. The van der Waals surface area contributed by atoms with Crippen molar-refractivity contribution >= 4 is 23.2 Å². The van der Waals surface area contributed by atoms with Gasteiger partial charge in [0, 0.05) is 12.7 Å². The Balaban J connectivity index is 2.94. The number of likely N-dealkylation sites (N-methyl/N-ethyl adjacent to an activating group) is 1. The smallest absolute Gasteiger partial charge is 0.321 e. The molecule has 17 heavy (non-hydrogen) atoms. The number of hydrogen-bond acceptors (Lipinski definition) is 4. The number of carbonyl (C=O) groups excluding carboxylic acids is 1. The fourth-order valence-electron chi connectivity index (χ4n) is 1.41. The van der Waals surface area contributed by atoms with E-state index in [1.54, 1.807) is 25.3 Å². The first-order chi connectivity index (χ1) is 8.20. The van der Waals surface area contributed by atoms with Crippen LogP contribution in [0.25, 0.3) is 0 Å². The highest BCUT2D eigenvalue weighted by atomic mass is 32.1. The molecule has 0 saturated carbocycles. The number of hydrogen-bond donors (Lipinski definition) is 1. The summed E-state index contributed by atoms with van der Waals surface area (Å²) in [4.78, 5) is 16.5. The van der Waals surface area contributed by atoms with Crippen molar-refractivity contribution in [1.82, 2.24) is 10.3 Å². The van der Waals surface area contributed by atoms with Crippen molar-refractivity contribution in [3.05, 3.63) is 30.1 Å². The lowest BCUT2D eigenvalue weighted by Crippen LogP contribution is -2.33. The zero-order valence-corrected chi connectivity index (χ0v) is 10.8. The van der Waals surface area contributed by atoms with Crippen molar-refractivity contribution in [2.75, 3.05) is 13.2 Å². The van der Waals surface area contributed by atoms with Crippen LogP contribution in [0.2, 0.25) is 0 Å². The minimum absolute atomic E-state index is 0.330. The number of thiocarbonyl (C=S) groups is 1. The van der Waals surface area contributed by atoms with Gasteiger partial charge in [0.25, 0.3) is 0 Å². The number of ether oxygens (including phenoxy) is 1. The zero-order chi connectivity index (χ0) is 12.7. The standard InChI is InChI=1S/C12H16N2O2S/c1-3-13-11(17)10(12(15)16-4-2)9-7-5-6-8-14-9/h5-8,10H,3-4H2,1-2H3,(H,13,17). The van der Waals surface area contributed by atoms with Gasteiger partial charge in [0.1, 0.15) is 5.92 Å². The number of nitrogens with zero attached hydrogens (tertiary/aromatic N) is 1. The first-order valence-corrected chi connectivity index (χ1v) is 5.96. The molecule has 5 heteroatoms. The number of aromatic nitrogens is 1. The maximum absolute atomic E-state index is 11.9. The van der Waals surface area contributed by atoms with Crippen LogP contribution in [0.3, 0.4) is 0 Å². The molecule has 0 saturated heterocycles. The Morgan fingerprint density at radius 1 is 1.53 bits per heavy atom. The molecule has 1 aromatic heterocycles. The molecule has 0 radical (unpaired) electrons. The lowest BCUT2D eigenvalue weighted by molar-refractivity contribution is -0.143. The highest BCUT2D eigenvalue weighted by Crippen LogP contribution is 2.16. The Hall–Kier alpha value is -1.49.